The predicted octanol–water partition coefficient (Wildman–Crippen LogP) is 1.01. The van der Waals surface area contributed by atoms with Gasteiger partial charge in [-0.1, -0.05) is 6.07 Å². The molecule has 1 amide bonds. The Kier molecular flexibility index (Phi) is 4.77. The highest BCUT2D eigenvalue weighted by Gasteiger charge is 2.33. The molecule has 0 bridgehead atoms. The first kappa shape index (κ1) is 15.3. The summed E-state index contributed by atoms with van der Waals surface area (Å²) in [5, 5.41) is 9.07. The number of amides is 1. The summed E-state index contributed by atoms with van der Waals surface area (Å²) in [5.74, 6) is -1.07. The van der Waals surface area contributed by atoms with Crippen molar-refractivity contribution < 1.29 is 14.7 Å². The third-order valence-corrected chi connectivity index (χ3v) is 3.90. The van der Waals surface area contributed by atoms with Gasteiger partial charge in [0.15, 0.2) is 0 Å². The van der Waals surface area contributed by atoms with Crippen LogP contribution < -0.4 is 5.56 Å². The van der Waals surface area contributed by atoms with E-state index in [0.717, 1.165) is 12.1 Å². The summed E-state index contributed by atoms with van der Waals surface area (Å²) in [6.45, 7) is 2.84. The molecule has 21 heavy (non-hydrogen) atoms. The number of carboxylic acid groups (broad SMARTS) is 1. The summed E-state index contributed by atoms with van der Waals surface area (Å²) in [6.07, 6.45) is 2.06. The predicted molar refractivity (Wildman–Crippen MR) is 77.0 cm³/mol. The Hall–Kier alpha value is -2.11. The average Bonchev–Trinajstić information content (AvgIpc) is 2.91. The van der Waals surface area contributed by atoms with Gasteiger partial charge in [-0.2, -0.15) is 0 Å². The maximum absolute atomic E-state index is 12.1. The maximum Gasteiger partial charge on any atom is 0.326 e. The van der Waals surface area contributed by atoms with E-state index in [-0.39, 0.29) is 17.9 Å². The minimum Gasteiger partial charge on any atom is -0.480 e. The highest BCUT2D eigenvalue weighted by molar-refractivity contribution is 5.84. The van der Waals surface area contributed by atoms with Gasteiger partial charge in [0.25, 0.3) is 5.56 Å². The molecule has 0 radical (unpaired) electrons. The van der Waals surface area contributed by atoms with Gasteiger partial charge in [0.2, 0.25) is 5.91 Å². The fourth-order valence-electron chi connectivity index (χ4n) is 2.76. The topological polar surface area (TPSA) is 79.6 Å². The normalized spacial score (nSPS) is 18.0. The lowest BCUT2D eigenvalue weighted by molar-refractivity contribution is -0.148. The lowest BCUT2D eigenvalue weighted by Crippen LogP contribution is -2.40. The van der Waals surface area contributed by atoms with Crippen LogP contribution in [0.1, 0.15) is 31.4 Å². The molecule has 1 fully saturated rings. The lowest BCUT2D eigenvalue weighted by Gasteiger charge is -2.21. The molecule has 1 N–H and O–H groups in total. The second-order valence-electron chi connectivity index (χ2n) is 5.34. The molecule has 6 nitrogen and oxygen atoms in total. The molecule has 6 heteroatoms. The number of pyridine rings is 1. The highest BCUT2D eigenvalue weighted by Crippen LogP contribution is 2.18. The summed E-state index contributed by atoms with van der Waals surface area (Å²) in [7, 11) is 0. The molecule has 1 unspecified atom stereocenters. The maximum atomic E-state index is 12.1. The average molecular weight is 292 g/mol. The zero-order valence-corrected chi connectivity index (χ0v) is 12.1. The van der Waals surface area contributed by atoms with E-state index in [4.69, 9.17) is 5.11 Å². The van der Waals surface area contributed by atoms with Gasteiger partial charge in [0.1, 0.15) is 6.04 Å². The fourth-order valence-corrected chi connectivity index (χ4v) is 2.76. The van der Waals surface area contributed by atoms with E-state index in [1.807, 2.05) is 13.0 Å². The number of aromatic nitrogens is 1. The molecule has 1 saturated heterocycles. The van der Waals surface area contributed by atoms with Crippen LogP contribution in [-0.4, -0.2) is 39.0 Å². The van der Waals surface area contributed by atoms with Gasteiger partial charge in [-0.05, 0) is 32.3 Å². The number of rotatable bonds is 5. The Balaban J connectivity index is 1.90. The van der Waals surface area contributed by atoms with Crippen molar-refractivity contribution >= 4 is 11.9 Å². The minimum atomic E-state index is -0.934. The van der Waals surface area contributed by atoms with E-state index in [0.29, 0.717) is 25.9 Å². The molecule has 0 saturated carbocycles. The van der Waals surface area contributed by atoms with Crippen molar-refractivity contribution in [2.45, 2.75) is 45.2 Å². The Morgan fingerprint density at radius 3 is 2.81 bits per heavy atom. The summed E-state index contributed by atoms with van der Waals surface area (Å²) in [6, 6.07) is 4.37. The van der Waals surface area contributed by atoms with Gasteiger partial charge in [0.05, 0.1) is 0 Å². The van der Waals surface area contributed by atoms with Crippen LogP contribution in [0, 0.1) is 6.92 Å². The van der Waals surface area contributed by atoms with Gasteiger partial charge in [-0.25, -0.2) is 4.79 Å². The van der Waals surface area contributed by atoms with E-state index in [1.54, 1.807) is 10.6 Å². The van der Waals surface area contributed by atoms with Crippen LogP contribution in [0.4, 0.5) is 0 Å². The van der Waals surface area contributed by atoms with Gasteiger partial charge < -0.3 is 14.6 Å². The van der Waals surface area contributed by atoms with Crippen LogP contribution in [-0.2, 0) is 16.1 Å². The zero-order chi connectivity index (χ0) is 15.4. The van der Waals surface area contributed by atoms with E-state index in [1.165, 1.54) is 11.0 Å². The first-order chi connectivity index (χ1) is 10.0. The van der Waals surface area contributed by atoms with Crippen LogP contribution in [0.2, 0.25) is 0 Å². The largest absolute Gasteiger partial charge is 0.480 e. The molecule has 2 rings (SSSR count). The lowest BCUT2D eigenvalue weighted by atomic mass is 10.2. The quantitative estimate of drug-likeness (QED) is 0.878. The third kappa shape index (κ3) is 3.51. The van der Waals surface area contributed by atoms with Crippen molar-refractivity contribution in [1.29, 1.82) is 0 Å². The van der Waals surface area contributed by atoms with Crippen LogP contribution >= 0.6 is 0 Å². The number of aliphatic carboxylic acids is 1. The van der Waals surface area contributed by atoms with Crippen LogP contribution in [0.25, 0.3) is 0 Å². The Morgan fingerprint density at radius 1 is 1.38 bits per heavy atom. The Morgan fingerprint density at radius 2 is 2.14 bits per heavy atom. The number of nitrogens with zero attached hydrogens (tertiary/aromatic N) is 2. The minimum absolute atomic E-state index is 0.0768. The molecule has 114 valence electrons. The standard InChI is InChI=1S/C15H20N2O4/c1-11-5-2-7-13(18)16(11)9-4-8-14(19)17-10-3-6-12(17)15(20)21/h2,5,7,12H,3-4,6,8-10H2,1H3,(H,20,21). The van der Waals surface area contributed by atoms with E-state index < -0.39 is 12.0 Å². The summed E-state index contributed by atoms with van der Waals surface area (Å²) in [5.41, 5.74) is 0.784. The monoisotopic (exact) mass is 292 g/mol. The van der Waals surface area contributed by atoms with Gasteiger partial charge in [-0.15, -0.1) is 0 Å². The summed E-state index contributed by atoms with van der Waals surface area (Å²) >= 11 is 0. The van der Waals surface area contributed by atoms with Crippen molar-refractivity contribution in [2.75, 3.05) is 6.54 Å². The molecule has 1 aromatic heterocycles. The molecule has 1 aliphatic heterocycles. The molecule has 1 aliphatic rings. The van der Waals surface area contributed by atoms with Gasteiger partial charge in [0, 0.05) is 31.3 Å². The van der Waals surface area contributed by atoms with Gasteiger partial charge >= 0.3 is 5.97 Å². The van der Waals surface area contributed by atoms with Crippen LogP contribution in [0.5, 0.6) is 0 Å². The van der Waals surface area contributed by atoms with Crippen molar-refractivity contribution in [3.63, 3.8) is 0 Å². The van der Waals surface area contributed by atoms with E-state index in [2.05, 4.69) is 0 Å². The number of carboxylic acids is 1. The molecule has 1 atom stereocenters. The highest BCUT2D eigenvalue weighted by atomic mass is 16.4. The Labute approximate surface area is 123 Å². The molecule has 0 spiro atoms. The molecule has 2 heterocycles. The zero-order valence-electron chi connectivity index (χ0n) is 12.1. The SMILES string of the molecule is Cc1cccc(=O)n1CCCC(=O)N1CCCC1C(=O)O. The second-order valence-corrected chi connectivity index (χ2v) is 5.34. The number of hydrogen-bond acceptors (Lipinski definition) is 3. The van der Waals surface area contributed by atoms with Gasteiger partial charge in [-0.3, -0.25) is 9.59 Å². The van der Waals surface area contributed by atoms with Crippen molar-refractivity contribution in [3.05, 3.63) is 34.2 Å². The molecule has 0 aromatic carbocycles. The number of carbonyl (C=O) groups excluding carboxylic acids is 1. The van der Waals surface area contributed by atoms with Crippen LogP contribution in [0.15, 0.2) is 23.0 Å². The molecular formula is C15H20N2O4. The van der Waals surface area contributed by atoms with E-state index >= 15 is 0 Å². The number of hydrogen-bond donors (Lipinski definition) is 1. The first-order valence-corrected chi connectivity index (χ1v) is 7.19. The number of likely N-dealkylation sites (tertiary alicyclic amines) is 1. The summed E-state index contributed by atoms with van der Waals surface area (Å²) in [4.78, 5) is 36.3. The van der Waals surface area contributed by atoms with Crippen molar-refractivity contribution in [1.82, 2.24) is 9.47 Å². The fraction of sp³-hybridized carbons (Fsp3) is 0.533. The van der Waals surface area contributed by atoms with E-state index in [9.17, 15) is 14.4 Å². The number of carbonyl (C=O) groups is 2. The third-order valence-electron chi connectivity index (χ3n) is 3.90. The van der Waals surface area contributed by atoms with Crippen molar-refractivity contribution in [3.8, 4) is 0 Å². The molecule has 1 aromatic rings. The first-order valence-electron chi connectivity index (χ1n) is 7.19. The Bertz CT molecular complexity index is 594. The van der Waals surface area contributed by atoms with Crippen LogP contribution in [0.3, 0.4) is 0 Å². The second kappa shape index (κ2) is 6.56. The molecular weight excluding hydrogens is 272 g/mol. The summed E-state index contributed by atoms with van der Waals surface area (Å²) < 4.78 is 1.63. The number of aryl methyl sites for hydroxylation is 1. The molecule has 0 aliphatic carbocycles. The van der Waals surface area contributed by atoms with Crippen molar-refractivity contribution in [2.24, 2.45) is 0 Å². The smallest absolute Gasteiger partial charge is 0.326 e.